The van der Waals surface area contributed by atoms with Crippen LogP contribution in [-0.4, -0.2) is 10.9 Å². The molecule has 3 N–H and O–H groups in total. The van der Waals surface area contributed by atoms with Gasteiger partial charge in [0.15, 0.2) is 0 Å². The van der Waals surface area contributed by atoms with E-state index in [0.717, 1.165) is 10.8 Å². The van der Waals surface area contributed by atoms with Crippen LogP contribution in [0.3, 0.4) is 0 Å². The summed E-state index contributed by atoms with van der Waals surface area (Å²) in [6.07, 6.45) is 1.56. The third-order valence-corrected chi connectivity index (χ3v) is 3.04. The van der Waals surface area contributed by atoms with Gasteiger partial charge in [0.1, 0.15) is 5.82 Å². The highest BCUT2D eigenvalue weighted by Gasteiger charge is 2.07. The smallest absolute Gasteiger partial charge is 0.256 e. The minimum Gasteiger partial charge on any atom is -0.399 e. The van der Waals surface area contributed by atoms with Crippen LogP contribution in [0.25, 0.3) is 10.8 Å². The summed E-state index contributed by atoms with van der Waals surface area (Å²) < 4.78 is 0. The van der Waals surface area contributed by atoms with Crippen LogP contribution in [0, 0.1) is 0 Å². The number of nitrogen functional groups attached to an aromatic ring is 1. The molecule has 0 atom stereocenters. The average Bonchev–Trinajstić information content (AvgIpc) is 2.47. The maximum atomic E-state index is 12.2. The number of hydrogen-bond acceptors (Lipinski definition) is 3. The Labute approximate surface area is 116 Å². The molecular weight excluding hydrogens is 250 g/mol. The number of nitrogens with zero attached hydrogens (tertiary/aromatic N) is 1. The topological polar surface area (TPSA) is 68.0 Å². The van der Waals surface area contributed by atoms with Gasteiger partial charge < -0.3 is 11.1 Å². The predicted octanol–water partition coefficient (Wildman–Crippen LogP) is 3.07. The van der Waals surface area contributed by atoms with Gasteiger partial charge in [0.2, 0.25) is 0 Å². The number of carbonyl (C=O) groups excluding carboxylic acids is 1. The zero-order valence-electron chi connectivity index (χ0n) is 10.7. The largest absolute Gasteiger partial charge is 0.399 e. The van der Waals surface area contributed by atoms with E-state index in [9.17, 15) is 4.79 Å². The van der Waals surface area contributed by atoms with Crippen LogP contribution in [-0.2, 0) is 0 Å². The lowest BCUT2D eigenvalue weighted by Crippen LogP contribution is -2.12. The molecule has 2 aromatic carbocycles. The molecule has 0 bridgehead atoms. The van der Waals surface area contributed by atoms with Gasteiger partial charge in [-0.25, -0.2) is 4.98 Å². The molecule has 0 unspecified atom stereocenters. The molecule has 20 heavy (non-hydrogen) atoms. The van der Waals surface area contributed by atoms with Crippen LogP contribution >= 0.6 is 0 Å². The third kappa shape index (κ3) is 2.44. The minimum absolute atomic E-state index is 0.200. The number of pyridine rings is 1. The van der Waals surface area contributed by atoms with E-state index in [4.69, 9.17) is 5.73 Å². The van der Waals surface area contributed by atoms with Crippen LogP contribution in [0.5, 0.6) is 0 Å². The van der Waals surface area contributed by atoms with Crippen molar-refractivity contribution in [3.05, 3.63) is 66.4 Å². The normalized spacial score (nSPS) is 10.4. The summed E-state index contributed by atoms with van der Waals surface area (Å²) in [5, 5.41) is 4.86. The number of aromatic nitrogens is 1. The van der Waals surface area contributed by atoms with Gasteiger partial charge in [-0.3, -0.25) is 4.79 Å². The van der Waals surface area contributed by atoms with Crippen molar-refractivity contribution in [2.24, 2.45) is 0 Å². The van der Waals surface area contributed by atoms with Gasteiger partial charge in [0, 0.05) is 23.5 Å². The molecule has 0 fully saturated rings. The fourth-order valence-corrected chi connectivity index (χ4v) is 2.03. The second-order valence-electron chi connectivity index (χ2n) is 4.49. The molecule has 4 heteroatoms. The summed E-state index contributed by atoms with van der Waals surface area (Å²) >= 11 is 0. The Morgan fingerprint density at radius 1 is 1.00 bits per heavy atom. The first-order chi connectivity index (χ1) is 9.72. The fraction of sp³-hybridized carbons (Fsp3) is 0. The second kappa shape index (κ2) is 5.01. The molecule has 0 saturated heterocycles. The van der Waals surface area contributed by atoms with Crippen molar-refractivity contribution in [1.29, 1.82) is 0 Å². The van der Waals surface area contributed by atoms with Gasteiger partial charge in [-0.05, 0) is 29.0 Å². The highest BCUT2D eigenvalue weighted by molar-refractivity contribution is 6.06. The molecule has 1 aromatic heterocycles. The first kappa shape index (κ1) is 12.2. The predicted molar refractivity (Wildman–Crippen MR) is 80.6 cm³/mol. The number of anilines is 2. The van der Waals surface area contributed by atoms with Crippen molar-refractivity contribution in [2.75, 3.05) is 11.1 Å². The van der Waals surface area contributed by atoms with Crippen molar-refractivity contribution in [2.45, 2.75) is 0 Å². The van der Waals surface area contributed by atoms with Crippen molar-refractivity contribution in [3.63, 3.8) is 0 Å². The summed E-state index contributed by atoms with van der Waals surface area (Å²) in [5.74, 6) is 0.247. The number of benzene rings is 2. The summed E-state index contributed by atoms with van der Waals surface area (Å²) in [5.41, 5.74) is 6.81. The summed E-state index contributed by atoms with van der Waals surface area (Å²) in [4.78, 5) is 16.2. The molecular formula is C16H13N3O. The quantitative estimate of drug-likeness (QED) is 0.746. The fourth-order valence-electron chi connectivity index (χ4n) is 2.03. The van der Waals surface area contributed by atoms with Gasteiger partial charge in [-0.15, -0.1) is 0 Å². The molecule has 0 saturated carbocycles. The Hall–Kier alpha value is -2.88. The number of amides is 1. The molecule has 1 amide bonds. The van der Waals surface area contributed by atoms with Crippen molar-refractivity contribution >= 4 is 28.2 Å². The van der Waals surface area contributed by atoms with Gasteiger partial charge in [0.05, 0.1) is 0 Å². The molecule has 1 heterocycles. The van der Waals surface area contributed by atoms with E-state index < -0.39 is 0 Å². The molecule has 3 aromatic rings. The number of rotatable bonds is 2. The van der Waals surface area contributed by atoms with E-state index in [2.05, 4.69) is 10.3 Å². The van der Waals surface area contributed by atoms with E-state index in [0.29, 0.717) is 17.1 Å². The molecule has 0 radical (unpaired) electrons. The summed E-state index contributed by atoms with van der Waals surface area (Å²) in [6, 6.07) is 16.8. The molecule has 0 aliphatic rings. The van der Waals surface area contributed by atoms with Gasteiger partial charge in [-0.1, -0.05) is 30.3 Å². The van der Waals surface area contributed by atoms with E-state index in [1.807, 2.05) is 36.4 Å². The van der Waals surface area contributed by atoms with E-state index in [1.54, 1.807) is 24.4 Å². The van der Waals surface area contributed by atoms with Gasteiger partial charge in [-0.2, -0.15) is 0 Å². The number of hydrogen-bond donors (Lipinski definition) is 2. The second-order valence-corrected chi connectivity index (χ2v) is 4.49. The van der Waals surface area contributed by atoms with Crippen LogP contribution in [0.1, 0.15) is 10.4 Å². The third-order valence-electron chi connectivity index (χ3n) is 3.04. The van der Waals surface area contributed by atoms with Crippen LogP contribution in [0.15, 0.2) is 60.8 Å². The van der Waals surface area contributed by atoms with E-state index >= 15 is 0 Å². The van der Waals surface area contributed by atoms with Gasteiger partial charge in [0.25, 0.3) is 5.91 Å². The zero-order valence-corrected chi connectivity index (χ0v) is 10.7. The van der Waals surface area contributed by atoms with Crippen molar-refractivity contribution in [3.8, 4) is 0 Å². The Morgan fingerprint density at radius 3 is 2.60 bits per heavy atom. The maximum absolute atomic E-state index is 12.2. The van der Waals surface area contributed by atoms with E-state index in [1.165, 1.54) is 0 Å². The van der Waals surface area contributed by atoms with Crippen molar-refractivity contribution < 1.29 is 4.79 Å². The van der Waals surface area contributed by atoms with Crippen LogP contribution in [0.4, 0.5) is 11.5 Å². The Bertz CT molecular complexity index is 783. The standard InChI is InChI=1S/C16H13N3O/c17-14-7-8-18-15(10-14)19-16(20)13-6-5-11-3-1-2-4-12(11)9-13/h1-10H,(H3,17,18,19,20). The average molecular weight is 263 g/mol. The van der Waals surface area contributed by atoms with Crippen LogP contribution in [0.2, 0.25) is 0 Å². The number of fused-ring (bicyclic) bond motifs is 1. The number of nitrogens with one attached hydrogen (secondary N) is 1. The van der Waals surface area contributed by atoms with Crippen molar-refractivity contribution in [1.82, 2.24) is 4.98 Å². The molecule has 0 aliphatic heterocycles. The molecule has 4 nitrogen and oxygen atoms in total. The first-order valence-corrected chi connectivity index (χ1v) is 6.24. The molecule has 3 rings (SSSR count). The van der Waals surface area contributed by atoms with E-state index in [-0.39, 0.29) is 5.91 Å². The Balaban J connectivity index is 1.88. The number of nitrogens with two attached hydrogens (primary N) is 1. The minimum atomic E-state index is -0.200. The maximum Gasteiger partial charge on any atom is 0.256 e. The lowest BCUT2D eigenvalue weighted by molar-refractivity contribution is 0.102. The highest BCUT2D eigenvalue weighted by Crippen LogP contribution is 2.17. The van der Waals surface area contributed by atoms with Crippen LogP contribution < -0.4 is 11.1 Å². The zero-order chi connectivity index (χ0) is 13.9. The lowest BCUT2D eigenvalue weighted by atomic mass is 10.1. The first-order valence-electron chi connectivity index (χ1n) is 6.24. The molecule has 0 spiro atoms. The van der Waals surface area contributed by atoms with Gasteiger partial charge >= 0.3 is 0 Å². The highest BCUT2D eigenvalue weighted by atomic mass is 16.1. The Kier molecular flexibility index (Phi) is 3.05. The molecule has 98 valence electrons. The monoisotopic (exact) mass is 263 g/mol. The SMILES string of the molecule is Nc1ccnc(NC(=O)c2ccc3ccccc3c2)c1. The lowest BCUT2D eigenvalue weighted by Gasteiger charge is -2.06. The Morgan fingerprint density at radius 2 is 1.80 bits per heavy atom. The number of carbonyl (C=O) groups is 1. The summed E-state index contributed by atoms with van der Waals surface area (Å²) in [7, 11) is 0. The molecule has 0 aliphatic carbocycles. The summed E-state index contributed by atoms with van der Waals surface area (Å²) in [6.45, 7) is 0.